The summed E-state index contributed by atoms with van der Waals surface area (Å²) >= 11 is 1.60. The van der Waals surface area contributed by atoms with E-state index in [1.165, 1.54) is 0 Å². The second kappa shape index (κ2) is 5.96. The Bertz CT molecular complexity index is 352. The number of ether oxygens (including phenoxy) is 1. The van der Waals surface area contributed by atoms with Crippen molar-refractivity contribution < 1.29 is 9.53 Å². The lowest BCUT2D eigenvalue weighted by atomic mass is 10.3. The number of hydrogen-bond acceptors (Lipinski definition) is 4. The predicted octanol–water partition coefficient (Wildman–Crippen LogP) is 1.83. The van der Waals surface area contributed by atoms with Gasteiger partial charge in [0.2, 0.25) is 0 Å². The first-order valence-corrected chi connectivity index (χ1v) is 6.20. The Morgan fingerprint density at radius 1 is 1.69 bits per heavy atom. The minimum absolute atomic E-state index is 0.00694. The predicted molar refractivity (Wildman–Crippen MR) is 64.4 cm³/mol. The number of carbonyl (C=O) groups excluding carboxylic acids is 1. The summed E-state index contributed by atoms with van der Waals surface area (Å²) in [5.74, 6) is -0.00694. The van der Waals surface area contributed by atoms with Gasteiger partial charge in [-0.2, -0.15) is 0 Å². The second-order valence-corrected chi connectivity index (χ2v) is 4.71. The molecule has 1 aromatic heterocycles. The molecule has 5 heteroatoms. The van der Waals surface area contributed by atoms with Gasteiger partial charge in [-0.05, 0) is 20.8 Å². The van der Waals surface area contributed by atoms with Gasteiger partial charge in [0.1, 0.15) is 6.10 Å². The van der Waals surface area contributed by atoms with E-state index in [1.54, 1.807) is 30.2 Å². The van der Waals surface area contributed by atoms with Crippen LogP contribution < -0.4 is 0 Å². The lowest BCUT2D eigenvalue weighted by molar-refractivity contribution is -0.141. The van der Waals surface area contributed by atoms with Crippen LogP contribution >= 0.6 is 11.3 Å². The van der Waals surface area contributed by atoms with Crippen molar-refractivity contribution in [1.29, 1.82) is 0 Å². The highest BCUT2D eigenvalue weighted by Gasteiger charge is 2.18. The van der Waals surface area contributed by atoms with Crippen LogP contribution in [0, 0.1) is 6.92 Å². The summed E-state index contributed by atoms with van der Waals surface area (Å²) in [4.78, 5) is 17.8. The lowest BCUT2D eigenvalue weighted by Crippen LogP contribution is -2.35. The van der Waals surface area contributed by atoms with Crippen LogP contribution in [0.3, 0.4) is 0 Å². The molecule has 90 valence electrons. The van der Waals surface area contributed by atoms with E-state index in [2.05, 4.69) is 4.98 Å². The monoisotopic (exact) mass is 242 g/mol. The van der Waals surface area contributed by atoms with Crippen LogP contribution in [-0.2, 0) is 16.1 Å². The van der Waals surface area contributed by atoms with Crippen molar-refractivity contribution in [3.63, 3.8) is 0 Å². The third-order valence-corrected chi connectivity index (χ3v) is 3.03. The van der Waals surface area contributed by atoms with Crippen molar-refractivity contribution in [1.82, 2.24) is 9.88 Å². The number of hydrogen-bond donors (Lipinski definition) is 0. The first kappa shape index (κ1) is 13.1. The highest BCUT2D eigenvalue weighted by Crippen LogP contribution is 2.10. The number of likely N-dealkylation sites (N-methyl/N-ethyl adjacent to an activating group) is 1. The van der Waals surface area contributed by atoms with Gasteiger partial charge < -0.3 is 9.64 Å². The summed E-state index contributed by atoms with van der Waals surface area (Å²) in [6.45, 7) is 6.71. The Balaban J connectivity index is 2.51. The number of rotatable bonds is 5. The second-order valence-electron chi connectivity index (χ2n) is 3.65. The Kier molecular flexibility index (Phi) is 4.89. The van der Waals surface area contributed by atoms with Gasteiger partial charge in [0.25, 0.3) is 5.91 Å². The fourth-order valence-corrected chi connectivity index (χ4v) is 2.04. The quantitative estimate of drug-likeness (QED) is 0.791. The van der Waals surface area contributed by atoms with Gasteiger partial charge in [-0.1, -0.05) is 0 Å². The molecule has 4 nitrogen and oxygen atoms in total. The third-order valence-electron chi connectivity index (χ3n) is 2.21. The van der Waals surface area contributed by atoms with Gasteiger partial charge in [0.05, 0.1) is 17.2 Å². The maximum absolute atomic E-state index is 11.8. The topological polar surface area (TPSA) is 42.4 Å². The van der Waals surface area contributed by atoms with Crippen LogP contribution in [0.5, 0.6) is 0 Å². The average Bonchev–Trinajstić information content (AvgIpc) is 2.63. The molecule has 1 amide bonds. The van der Waals surface area contributed by atoms with Crippen LogP contribution in [0.25, 0.3) is 0 Å². The van der Waals surface area contributed by atoms with E-state index < -0.39 is 0 Å². The number of aryl methyl sites for hydroxylation is 1. The van der Waals surface area contributed by atoms with Crippen molar-refractivity contribution in [2.75, 3.05) is 13.7 Å². The maximum Gasteiger partial charge on any atom is 0.251 e. The molecule has 0 aliphatic heterocycles. The number of carbonyl (C=O) groups is 1. The summed E-state index contributed by atoms with van der Waals surface area (Å²) < 4.78 is 5.26. The molecule has 0 N–H and O–H groups in total. The van der Waals surface area contributed by atoms with Crippen LogP contribution in [0.2, 0.25) is 0 Å². The smallest absolute Gasteiger partial charge is 0.251 e. The summed E-state index contributed by atoms with van der Waals surface area (Å²) in [5.41, 5.74) is 0.932. The van der Waals surface area contributed by atoms with Crippen molar-refractivity contribution in [3.8, 4) is 0 Å². The molecule has 1 unspecified atom stereocenters. The fourth-order valence-electron chi connectivity index (χ4n) is 1.43. The largest absolute Gasteiger partial charge is 0.369 e. The van der Waals surface area contributed by atoms with Gasteiger partial charge in [-0.15, -0.1) is 11.3 Å². The minimum Gasteiger partial charge on any atom is -0.369 e. The molecule has 0 aliphatic rings. The zero-order valence-electron chi connectivity index (χ0n) is 10.2. The van der Waals surface area contributed by atoms with Crippen molar-refractivity contribution in [2.24, 2.45) is 0 Å². The molecule has 1 atom stereocenters. The summed E-state index contributed by atoms with van der Waals surface area (Å²) in [6, 6.07) is 0. The molecule has 0 radical (unpaired) electrons. The Labute approximate surface area is 100 Å². The first-order valence-electron chi connectivity index (χ1n) is 5.32. The number of nitrogens with zero attached hydrogens (tertiary/aromatic N) is 2. The fraction of sp³-hybridized carbons (Fsp3) is 0.636. The molecule has 0 fully saturated rings. The molecule has 0 saturated heterocycles. The molecule has 0 aliphatic carbocycles. The number of amides is 1. The molecular formula is C11H18N2O2S. The van der Waals surface area contributed by atoms with Crippen molar-refractivity contribution in [3.05, 3.63) is 16.1 Å². The van der Waals surface area contributed by atoms with Gasteiger partial charge in [0.15, 0.2) is 0 Å². The van der Waals surface area contributed by atoms with Crippen molar-refractivity contribution >= 4 is 17.2 Å². The van der Waals surface area contributed by atoms with E-state index in [1.807, 2.05) is 19.2 Å². The van der Waals surface area contributed by atoms with E-state index >= 15 is 0 Å². The SMILES string of the molecule is CCOC(C)C(=O)N(C)Cc1csc(C)n1. The van der Waals surface area contributed by atoms with Gasteiger partial charge in [-0.25, -0.2) is 4.98 Å². The minimum atomic E-state index is -0.380. The maximum atomic E-state index is 11.8. The Morgan fingerprint density at radius 2 is 2.38 bits per heavy atom. The Hall–Kier alpha value is -0.940. The van der Waals surface area contributed by atoms with E-state index in [-0.39, 0.29) is 12.0 Å². The van der Waals surface area contributed by atoms with E-state index in [9.17, 15) is 4.79 Å². The number of thiazole rings is 1. The van der Waals surface area contributed by atoms with Gasteiger partial charge in [-0.3, -0.25) is 4.79 Å². The van der Waals surface area contributed by atoms with Gasteiger partial charge >= 0.3 is 0 Å². The van der Waals surface area contributed by atoms with E-state index in [4.69, 9.17) is 4.74 Å². The molecule has 0 aromatic carbocycles. The normalized spacial score (nSPS) is 12.5. The zero-order chi connectivity index (χ0) is 12.1. The molecule has 1 rings (SSSR count). The Morgan fingerprint density at radius 3 is 2.88 bits per heavy atom. The molecule has 16 heavy (non-hydrogen) atoms. The van der Waals surface area contributed by atoms with Crippen LogP contribution in [0.1, 0.15) is 24.5 Å². The van der Waals surface area contributed by atoms with Gasteiger partial charge in [0, 0.05) is 19.0 Å². The summed E-state index contributed by atoms with van der Waals surface area (Å²) in [7, 11) is 1.77. The third kappa shape index (κ3) is 3.57. The standard InChI is InChI=1S/C11H18N2O2S/c1-5-15-8(2)11(14)13(4)6-10-7-16-9(3)12-10/h7-8H,5-6H2,1-4H3. The lowest BCUT2D eigenvalue weighted by Gasteiger charge is -2.20. The zero-order valence-corrected chi connectivity index (χ0v) is 11.0. The molecule has 0 saturated carbocycles. The molecule has 0 bridgehead atoms. The summed E-state index contributed by atoms with van der Waals surface area (Å²) in [5, 5.41) is 3.00. The van der Waals surface area contributed by atoms with E-state index in [0.717, 1.165) is 10.7 Å². The average molecular weight is 242 g/mol. The molecule has 1 heterocycles. The molecular weight excluding hydrogens is 224 g/mol. The first-order chi connectivity index (χ1) is 7.54. The highest BCUT2D eigenvalue weighted by atomic mass is 32.1. The van der Waals surface area contributed by atoms with Crippen molar-refractivity contribution in [2.45, 2.75) is 33.4 Å². The highest BCUT2D eigenvalue weighted by molar-refractivity contribution is 7.09. The molecule has 0 spiro atoms. The van der Waals surface area contributed by atoms with Crippen LogP contribution in [-0.4, -0.2) is 35.5 Å². The van der Waals surface area contributed by atoms with E-state index in [0.29, 0.717) is 13.2 Å². The molecule has 1 aromatic rings. The van der Waals surface area contributed by atoms with Crippen LogP contribution in [0.4, 0.5) is 0 Å². The number of aromatic nitrogens is 1. The summed E-state index contributed by atoms with van der Waals surface area (Å²) in [6.07, 6.45) is -0.380. The van der Waals surface area contributed by atoms with Crippen LogP contribution in [0.15, 0.2) is 5.38 Å².